The normalized spacial score (nSPS) is 27.9. The predicted molar refractivity (Wildman–Crippen MR) is 76.4 cm³/mol. The molecule has 2 unspecified atom stereocenters. The molecule has 1 saturated heterocycles. The molecule has 2 aliphatic rings. The Balaban J connectivity index is 1.77. The number of nitrogens with zero attached hydrogens (tertiary/aromatic N) is 1. The predicted octanol–water partition coefficient (Wildman–Crippen LogP) is 3.23. The third-order valence-corrected chi connectivity index (χ3v) is 4.85. The molecule has 1 aromatic carbocycles. The molecule has 2 N–H and O–H groups in total. The Morgan fingerprint density at radius 1 is 1.28 bits per heavy atom. The van der Waals surface area contributed by atoms with Crippen LogP contribution in [0.5, 0.6) is 0 Å². The molecule has 1 heterocycles. The highest BCUT2D eigenvalue weighted by molar-refractivity contribution is 5.47. The Kier molecular flexibility index (Phi) is 3.06. The highest BCUT2D eigenvalue weighted by atomic mass is 15.2. The highest BCUT2D eigenvalue weighted by Gasteiger charge is 2.33. The molecular formula is C16H24N2. The number of rotatable bonds is 2. The molecule has 0 bridgehead atoms. The van der Waals surface area contributed by atoms with E-state index in [1.54, 1.807) is 0 Å². The Morgan fingerprint density at radius 2 is 2.11 bits per heavy atom. The molecule has 0 amide bonds. The third-order valence-electron chi connectivity index (χ3n) is 4.85. The zero-order valence-corrected chi connectivity index (χ0v) is 11.5. The molecule has 98 valence electrons. The molecule has 3 rings (SSSR count). The first kappa shape index (κ1) is 12.0. The molecule has 1 aliphatic heterocycles. The van der Waals surface area contributed by atoms with Gasteiger partial charge in [-0.3, -0.25) is 4.90 Å². The lowest BCUT2D eigenvalue weighted by atomic mass is 9.95. The van der Waals surface area contributed by atoms with Crippen molar-refractivity contribution in [2.45, 2.75) is 39.2 Å². The summed E-state index contributed by atoms with van der Waals surface area (Å²) < 4.78 is 0. The van der Waals surface area contributed by atoms with E-state index in [2.05, 4.69) is 36.9 Å². The van der Waals surface area contributed by atoms with Crippen molar-refractivity contribution in [1.29, 1.82) is 0 Å². The van der Waals surface area contributed by atoms with Crippen molar-refractivity contribution in [2.24, 2.45) is 11.8 Å². The maximum absolute atomic E-state index is 5.88. The molecule has 2 heteroatoms. The van der Waals surface area contributed by atoms with Gasteiger partial charge in [0, 0.05) is 18.3 Å². The second-order valence-electron chi connectivity index (χ2n) is 6.30. The van der Waals surface area contributed by atoms with Crippen LogP contribution in [0.4, 0.5) is 5.69 Å². The zero-order valence-electron chi connectivity index (χ0n) is 11.5. The molecule has 1 fully saturated rings. The van der Waals surface area contributed by atoms with E-state index in [0.29, 0.717) is 6.04 Å². The van der Waals surface area contributed by atoms with Gasteiger partial charge in [0.15, 0.2) is 0 Å². The Hall–Kier alpha value is -1.02. The molecular weight excluding hydrogens is 220 g/mol. The van der Waals surface area contributed by atoms with E-state index in [1.807, 2.05) is 0 Å². The van der Waals surface area contributed by atoms with Gasteiger partial charge in [0.05, 0.1) is 0 Å². The molecule has 0 spiro atoms. The number of hydrogen-bond donors (Lipinski definition) is 1. The number of anilines is 1. The van der Waals surface area contributed by atoms with Crippen LogP contribution in [0.25, 0.3) is 0 Å². The first-order chi connectivity index (χ1) is 8.65. The van der Waals surface area contributed by atoms with E-state index < -0.39 is 0 Å². The fourth-order valence-corrected chi connectivity index (χ4v) is 3.64. The van der Waals surface area contributed by atoms with Crippen molar-refractivity contribution in [1.82, 2.24) is 4.90 Å². The summed E-state index contributed by atoms with van der Waals surface area (Å²) in [6.45, 7) is 7.28. The standard InChI is InChI=1S/C16H24N2/c1-11(2)13-7-8-18(10-13)16-6-3-12-9-14(17)4-5-15(12)16/h4-5,9,11,13,16H,3,6-8,10,17H2,1-2H3. The number of nitrogens with two attached hydrogens (primary N) is 1. The molecule has 18 heavy (non-hydrogen) atoms. The van der Waals surface area contributed by atoms with E-state index in [-0.39, 0.29) is 0 Å². The van der Waals surface area contributed by atoms with Crippen LogP contribution >= 0.6 is 0 Å². The molecule has 0 saturated carbocycles. The summed E-state index contributed by atoms with van der Waals surface area (Å²) in [5.41, 5.74) is 9.81. The number of fused-ring (bicyclic) bond motifs is 1. The van der Waals surface area contributed by atoms with Crippen molar-refractivity contribution < 1.29 is 0 Å². The summed E-state index contributed by atoms with van der Waals surface area (Å²) in [6, 6.07) is 7.15. The summed E-state index contributed by atoms with van der Waals surface area (Å²) in [6.07, 6.45) is 3.86. The largest absolute Gasteiger partial charge is 0.399 e. The Bertz CT molecular complexity index is 439. The van der Waals surface area contributed by atoms with E-state index in [0.717, 1.165) is 17.5 Å². The van der Waals surface area contributed by atoms with Gasteiger partial charge in [0.2, 0.25) is 0 Å². The fraction of sp³-hybridized carbons (Fsp3) is 0.625. The van der Waals surface area contributed by atoms with Gasteiger partial charge in [-0.25, -0.2) is 0 Å². The van der Waals surface area contributed by atoms with Gasteiger partial charge in [-0.1, -0.05) is 19.9 Å². The van der Waals surface area contributed by atoms with Crippen LogP contribution in [0, 0.1) is 11.8 Å². The summed E-state index contributed by atoms with van der Waals surface area (Å²) in [7, 11) is 0. The first-order valence-corrected chi connectivity index (χ1v) is 7.27. The minimum atomic E-state index is 0.657. The van der Waals surface area contributed by atoms with Crippen molar-refractivity contribution in [2.75, 3.05) is 18.8 Å². The maximum Gasteiger partial charge on any atom is 0.0354 e. The third kappa shape index (κ3) is 2.03. The SMILES string of the molecule is CC(C)C1CCN(C2CCc3cc(N)ccc32)C1. The molecule has 1 aliphatic carbocycles. The molecule has 2 atom stereocenters. The molecule has 1 aromatic rings. The zero-order chi connectivity index (χ0) is 12.7. The van der Waals surface area contributed by atoms with Crippen LogP contribution in [0.3, 0.4) is 0 Å². The van der Waals surface area contributed by atoms with E-state index in [9.17, 15) is 0 Å². The molecule has 0 radical (unpaired) electrons. The Morgan fingerprint density at radius 3 is 2.83 bits per heavy atom. The van der Waals surface area contributed by atoms with Crippen molar-refractivity contribution >= 4 is 5.69 Å². The number of likely N-dealkylation sites (tertiary alicyclic amines) is 1. The van der Waals surface area contributed by atoms with Gasteiger partial charge in [-0.2, -0.15) is 0 Å². The van der Waals surface area contributed by atoms with E-state index in [1.165, 1.54) is 43.5 Å². The second-order valence-corrected chi connectivity index (χ2v) is 6.30. The number of hydrogen-bond acceptors (Lipinski definition) is 2. The quantitative estimate of drug-likeness (QED) is 0.809. The summed E-state index contributed by atoms with van der Waals surface area (Å²) in [5, 5.41) is 0. The lowest BCUT2D eigenvalue weighted by Gasteiger charge is -2.25. The van der Waals surface area contributed by atoms with Gasteiger partial charge in [-0.05, 0) is 60.9 Å². The van der Waals surface area contributed by atoms with Crippen LogP contribution < -0.4 is 5.73 Å². The van der Waals surface area contributed by atoms with Crippen LogP contribution in [-0.4, -0.2) is 18.0 Å². The number of aryl methyl sites for hydroxylation is 1. The van der Waals surface area contributed by atoms with Crippen LogP contribution in [0.15, 0.2) is 18.2 Å². The highest BCUT2D eigenvalue weighted by Crippen LogP contribution is 2.40. The van der Waals surface area contributed by atoms with Gasteiger partial charge < -0.3 is 5.73 Å². The van der Waals surface area contributed by atoms with Crippen LogP contribution in [-0.2, 0) is 6.42 Å². The van der Waals surface area contributed by atoms with Crippen molar-refractivity contribution in [3.05, 3.63) is 29.3 Å². The lowest BCUT2D eigenvalue weighted by molar-refractivity contribution is 0.227. The van der Waals surface area contributed by atoms with Crippen molar-refractivity contribution in [3.63, 3.8) is 0 Å². The average Bonchev–Trinajstić information content (AvgIpc) is 2.92. The molecule has 2 nitrogen and oxygen atoms in total. The topological polar surface area (TPSA) is 29.3 Å². The van der Waals surface area contributed by atoms with Gasteiger partial charge in [-0.15, -0.1) is 0 Å². The molecule has 0 aromatic heterocycles. The number of nitrogen functional groups attached to an aromatic ring is 1. The average molecular weight is 244 g/mol. The van der Waals surface area contributed by atoms with Crippen LogP contribution in [0.1, 0.15) is 43.9 Å². The summed E-state index contributed by atoms with van der Waals surface area (Å²) in [4.78, 5) is 2.70. The lowest BCUT2D eigenvalue weighted by Crippen LogP contribution is -2.25. The summed E-state index contributed by atoms with van der Waals surface area (Å²) in [5.74, 6) is 1.71. The monoisotopic (exact) mass is 244 g/mol. The summed E-state index contributed by atoms with van der Waals surface area (Å²) >= 11 is 0. The minimum Gasteiger partial charge on any atom is -0.399 e. The Labute approximate surface area is 110 Å². The van der Waals surface area contributed by atoms with Gasteiger partial charge >= 0.3 is 0 Å². The first-order valence-electron chi connectivity index (χ1n) is 7.27. The fourth-order valence-electron chi connectivity index (χ4n) is 3.64. The van der Waals surface area contributed by atoms with Gasteiger partial charge in [0.1, 0.15) is 0 Å². The van der Waals surface area contributed by atoms with E-state index >= 15 is 0 Å². The van der Waals surface area contributed by atoms with Crippen LogP contribution in [0.2, 0.25) is 0 Å². The van der Waals surface area contributed by atoms with Gasteiger partial charge in [0.25, 0.3) is 0 Å². The van der Waals surface area contributed by atoms with E-state index in [4.69, 9.17) is 5.73 Å². The van der Waals surface area contributed by atoms with Crippen molar-refractivity contribution in [3.8, 4) is 0 Å². The maximum atomic E-state index is 5.88. The number of benzene rings is 1. The minimum absolute atomic E-state index is 0.657. The smallest absolute Gasteiger partial charge is 0.0354 e. The second kappa shape index (κ2) is 4.58.